The summed E-state index contributed by atoms with van der Waals surface area (Å²) in [6, 6.07) is 8.33. The number of carbonyl (C=O) groups excluding carboxylic acids is 1. The standard InChI is InChI=1S/C14H11ClN4O/c1-8-5-11(9(2)19-18-8)14(20)17-13-6-10(7-16)3-4-12(13)15/h3-6H,1-2H3,(H,17,20). The highest BCUT2D eigenvalue weighted by atomic mass is 35.5. The van der Waals surface area contributed by atoms with Crippen molar-refractivity contribution >= 4 is 23.2 Å². The number of nitriles is 1. The number of hydrogen-bond acceptors (Lipinski definition) is 4. The van der Waals surface area contributed by atoms with Gasteiger partial charge in [0.1, 0.15) is 0 Å². The van der Waals surface area contributed by atoms with Crippen molar-refractivity contribution in [2.24, 2.45) is 0 Å². The monoisotopic (exact) mass is 286 g/mol. The number of anilines is 1. The number of rotatable bonds is 2. The molecule has 0 radical (unpaired) electrons. The Morgan fingerprint density at radius 1 is 1.30 bits per heavy atom. The minimum atomic E-state index is -0.336. The van der Waals surface area contributed by atoms with Crippen molar-refractivity contribution in [3.8, 4) is 6.07 Å². The predicted octanol–water partition coefficient (Wildman–Crippen LogP) is 2.87. The topological polar surface area (TPSA) is 78.7 Å². The van der Waals surface area contributed by atoms with Crippen molar-refractivity contribution in [1.29, 1.82) is 5.26 Å². The van der Waals surface area contributed by atoms with E-state index in [2.05, 4.69) is 15.5 Å². The zero-order valence-corrected chi connectivity index (χ0v) is 11.7. The van der Waals surface area contributed by atoms with Crippen molar-refractivity contribution in [1.82, 2.24) is 10.2 Å². The summed E-state index contributed by atoms with van der Waals surface area (Å²) in [5.74, 6) is -0.336. The molecule has 0 spiro atoms. The molecule has 1 N–H and O–H groups in total. The molecule has 0 saturated carbocycles. The number of benzene rings is 1. The highest BCUT2D eigenvalue weighted by molar-refractivity contribution is 6.34. The third kappa shape index (κ3) is 2.92. The van der Waals surface area contributed by atoms with Crippen molar-refractivity contribution in [3.63, 3.8) is 0 Å². The zero-order chi connectivity index (χ0) is 14.7. The molecule has 5 nitrogen and oxygen atoms in total. The van der Waals surface area contributed by atoms with Gasteiger partial charge in [0.25, 0.3) is 5.91 Å². The van der Waals surface area contributed by atoms with Gasteiger partial charge in [-0.15, -0.1) is 0 Å². The van der Waals surface area contributed by atoms with Crippen molar-refractivity contribution < 1.29 is 4.79 Å². The van der Waals surface area contributed by atoms with E-state index in [-0.39, 0.29) is 5.91 Å². The Morgan fingerprint density at radius 3 is 2.75 bits per heavy atom. The van der Waals surface area contributed by atoms with Crippen LogP contribution < -0.4 is 5.32 Å². The van der Waals surface area contributed by atoms with Crippen LogP contribution in [-0.4, -0.2) is 16.1 Å². The lowest BCUT2D eigenvalue weighted by Crippen LogP contribution is -2.15. The first-order valence-corrected chi connectivity index (χ1v) is 6.21. The molecule has 100 valence electrons. The summed E-state index contributed by atoms with van der Waals surface area (Å²) in [6.45, 7) is 3.46. The summed E-state index contributed by atoms with van der Waals surface area (Å²) in [6.07, 6.45) is 0. The second kappa shape index (κ2) is 5.68. The van der Waals surface area contributed by atoms with Crippen LogP contribution in [0, 0.1) is 25.2 Å². The van der Waals surface area contributed by atoms with Gasteiger partial charge in [0.05, 0.1) is 39.3 Å². The number of nitrogens with zero attached hydrogens (tertiary/aromatic N) is 3. The van der Waals surface area contributed by atoms with E-state index in [4.69, 9.17) is 16.9 Å². The molecule has 20 heavy (non-hydrogen) atoms. The van der Waals surface area contributed by atoms with Crippen molar-refractivity contribution in [2.45, 2.75) is 13.8 Å². The summed E-state index contributed by atoms with van der Waals surface area (Å²) < 4.78 is 0. The Morgan fingerprint density at radius 2 is 2.05 bits per heavy atom. The second-order valence-electron chi connectivity index (χ2n) is 4.25. The van der Waals surface area contributed by atoms with E-state index in [0.29, 0.717) is 33.2 Å². The predicted molar refractivity (Wildman–Crippen MR) is 75.6 cm³/mol. The Bertz CT molecular complexity index is 722. The minimum Gasteiger partial charge on any atom is -0.321 e. The molecule has 1 heterocycles. The first-order chi connectivity index (χ1) is 9.51. The van der Waals surface area contributed by atoms with E-state index in [1.165, 1.54) is 6.07 Å². The van der Waals surface area contributed by atoms with Gasteiger partial charge in [0.2, 0.25) is 0 Å². The lowest BCUT2D eigenvalue weighted by Gasteiger charge is -2.09. The summed E-state index contributed by atoms with van der Waals surface area (Å²) in [5.41, 5.74) is 2.42. The SMILES string of the molecule is Cc1cc(C(=O)Nc2cc(C#N)ccc2Cl)c(C)nn1. The Kier molecular flexibility index (Phi) is 3.97. The fraction of sp³-hybridized carbons (Fsp3) is 0.143. The molecule has 0 aliphatic carbocycles. The third-order valence-corrected chi connectivity index (χ3v) is 3.02. The van der Waals surface area contributed by atoms with Gasteiger partial charge < -0.3 is 5.32 Å². The molecule has 0 saturated heterocycles. The van der Waals surface area contributed by atoms with Crippen LogP contribution in [0.25, 0.3) is 0 Å². The van der Waals surface area contributed by atoms with E-state index >= 15 is 0 Å². The number of halogens is 1. The highest BCUT2D eigenvalue weighted by Crippen LogP contribution is 2.23. The van der Waals surface area contributed by atoms with Gasteiger partial charge in [-0.1, -0.05) is 11.6 Å². The lowest BCUT2D eigenvalue weighted by molar-refractivity contribution is 0.102. The normalized spacial score (nSPS) is 9.90. The molecule has 2 aromatic rings. The number of aromatic nitrogens is 2. The number of amides is 1. The molecular weight excluding hydrogens is 276 g/mol. The van der Waals surface area contributed by atoms with E-state index in [1.807, 2.05) is 6.07 Å². The minimum absolute atomic E-state index is 0.336. The van der Waals surface area contributed by atoms with Gasteiger partial charge in [-0.3, -0.25) is 4.79 Å². The van der Waals surface area contributed by atoms with Crippen molar-refractivity contribution in [3.05, 3.63) is 51.8 Å². The van der Waals surface area contributed by atoms with E-state index in [9.17, 15) is 4.79 Å². The average molecular weight is 287 g/mol. The molecular formula is C14H11ClN4O. The van der Waals surface area contributed by atoms with Gasteiger partial charge >= 0.3 is 0 Å². The molecule has 0 fully saturated rings. The van der Waals surface area contributed by atoms with Crippen molar-refractivity contribution in [2.75, 3.05) is 5.32 Å². The summed E-state index contributed by atoms with van der Waals surface area (Å²) >= 11 is 6.00. The fourth-order valence-electron chi connectivity index (χ4n) is 1.66. The molecule has 6 heteroatoms. The molecule has 0 aliphatic heterocycles. The third-order valence-electron chi connectivity index (χ3n) is 2.69. The molecule has 0 aliphatic rings. The Labute approximate surface area is 121 Å². The maximum atomic E-state index is 12.2. The summed E-state index contributed by atoms with van der Waals surface area (Å²) in [5, 5.41) is 19.7. The fourth-order valence-corrected chi connectivity index (χ4v) is 1.82. The maximum Gasteiger partial charge on any atom is 0.257 e. The molecule has 0 atom stereocenters. The van der Waals surface area contributed by atoms with E-state index < -0.39 is 0 Å². The van der Waals surface area contributed by atoms with Crippen LogP contribution in [0.2, 0.25) is 5.02 Å². The lowest BCUT2D eigenvalue weighted by atomic mass is 10.1. The zero-order valence-electron chi connectivity index (χ0n) is 10.9. The maximum absolute atomic E-state index is 12.2. The van der Waals surface area contributed by atoms with Crippen LogP contribution in [0.4, 0.5) is 5.69 Å². The first-order valence-electron chi connectivity index (χ1n) is 5.83. The van der Waals surface area contributed by atoms with E-state index in [0.717, 1.165) is 0 Å². The van der Waals surface area contributed by atoms with Crippen LogP contribution >= 0.6 is 11.6 Å². The molecule has 1 amide bonds. The van der Waals surface area contributed by atoms with E-state index in [1.54, 1.807) is 32.0 Å². The smallest absolute Gasteiger partial charge is 0.257 e. The second-order valence-corrected chi connectivity index (χ2v) is 4.65. The van der Waals surface area contributed by atoms with Crippen LogP contribution in [0.5, 0.6) is 0 Å². The van der Waals surface area contributed by atoms with Crippen LogP contribution in [0.1, 0.15) is 27.3 Å². The quantitative estimate of drug-likeness (QED) is 0.920. The molecule has 0 unspecified atom stereocenters. The van der Waals surface area contributed by atoms with Gasteiger partial charge in [0, 0.05) is 0 Å². The summed E-state index contributed by atoms with van der Waals surface area (Å²) in [4.78, 5) is 12.2. The van der Waals surface area contributed by atoms with Gasteiger partial charge in [0.15, 0.2) is 0 Å². The molecule has 1 aromatic heterocycles. The van der Waals surface area contributed by atoms with Crippen LogP contribution in [0.3, 0.4) is 0 Å². The largest absolute Gasteiger partial charge is 0.321 e. The molecule has 2 rings (SSSR count). The first kappa shape index (κ1) is 14.0. The van der Waals surface area contributed by atoms with Gasteiger partial charge in [-0.05, 0) is 38.1 Å². The number of carbonyl (C=O) groups is 1. The molecule has 1 aromatic carbocycles. The highest BCUT2D eigenvalue weighted by Gasteiger charge is 2.13. The Balaban J connectivity index is 2.33. The number of nitrogens with one attached hydrogen (secondary N) is 1. The number of aryl methyl sites for hydroxylation is 2. The summed E-state index contributed by atoms with van der Waals surface area (Å²) in [7, 11) is 0. The van der Waals surface area contributed by atoms with Crippen LogP contribution in [-0.2, 0) is 0 Å². The Hall–Kier alpha value is -2.45. The van der Waals surface area contributed by atoms with Gasteiger partial charge in [-0.25, -0.2) is 0 Å². The average Bonchev–Trinajstić information content (AvgIpc) is 2.43. The van der Waals surface area contributed by atoms with Crippen LogP contribution in [0.15, 0.2) is 24.3 Å². The van der Waals surface area contributed by atoms with Gasteiger partial charge in [-0.2, -0.15) is 15.5 Å². The molecule has 0 bridgehead atoms. The number of hydrogen-bond donors (Lipinski definition) is 1.